The van der Waals surface area contributed by atoms with E-state index in [1.54, 1.807) is 36.2 Å². The Balaban J connectivity index is 1.59. The number of halogens is 2. The molecule has 0 atom stereocenters. The molecule has 1 amide bonds. The van der Waals surface area contributed by atoms with Crippen molar-refractivity contribution in [1.29, 1.82) is 0 Å². The molecule has 0 bridgehead atoms. The van der Waals surface area contributed by atoms with Crippen molar-refractivity contribution < 1.29 is 18.3 Å². The van der Waals surface area contributed by atoms with E-state index in [4.69, 9.17) is 4.74 Å². The highest BCUT2D eigenvalue weighted by Crippen LogP contribution is 2.31. The van der Waals surface area contributed by atoms with E-state index in [0.29, 0.717) is 34.8 Å². The Kier molecular flexibility index (Phi) is 6.08. The molecule has 1 N–H and O–H groups in total. The van der Waals surface area contributed by atoms with Gasteiger partial charge in [-0.1, -0.05) is 18.2 Å². The predicted molar refractivity (Wildman–Crippen MR) is 118 cm³/mol. The van der Waals surface area contributed by atoms with Gasteiger partial charge in [0.05, 0.1) is 17.8 Å². The molecular weight excluding hydrogens is 420 g/mol. The van der Waals surface area contributed by atoms with Crippen LogP contribution in [0.4, 0.5) is 14.5 Å². The molecule has 0 aliphatic carbocycles. The molecule has 0 unspecified atom stereocenters. The maximum absolute atomic E-state index is 13.4. The Morgan fingerprint density at radius 2 is 1.77 bits per heavy atom. The van der Waals surface area contributed by atoms with Gasteiger partial charge in [0.25, 0.3) is 5.91 Å². The summed E-state index contributed by atoms with van der Waals surface area (Å²) < 4.78 is 32.6. The van der Waals surface area contributed by atoms with Gasteiger partial charge in [-0.2, -0.15) is 5.10 Å². The minimum absolute atomic E-state index is 0.0607. The molecule has 2 aromatic carbocycles. The molecular formula is C23H19F2N3O2S. The summed E-state index contributed by atoms with van der Waals surface area (Å²) >= 11 is 1.47. The lowest BCUT2D eigenvalue weighted by Gasteiger charge is -2.12. The summed E-state index contributed by atoms with van der Waals surface area (Å²) in [7, 11) is 1.72. The first-order chi connectivity index (χ1) is 15.0. The molecule has 0 radical (unpaired) electrons. The standard InChI is InChI=1S/C23H19F2N3O2S/c1-28-13-20(22(23(28)29)21-3-2-12-31-21)30-14-19(15-4-6-16(24)7-5-15)27-26-18-10-8-17(25)9-11-18/h2-12,26H,13-14H2,1H3. The molecule has 0 fully saturated rings. The summed E-state index contributed by atoms with van der Waals surface area (Å²) in [6.45, 7) is 0.416. The molecule has 2 heterocycles. The van der Waals surface area contributed by atoms with E-state index < -0.39 is 0 Å². The lowest BCUT2D eigenvalue weighted by atomic mass is 10.1. The second kappa shape index (κ2) is 9.09. The van der Waals surface area contributed by atoms with Crippen LogP contribution < -0.4 is 5.43 Å². The van der Waals surface area contributed by atoms with E-state index >= 15 is 0 Å². The van der Waals surface area contributed by atoms with Crippen LogP contribution in [-0.4, -0.2) is 36.7 Å². The Morgan fingerprint density at radius 1 is 1.10 bits per heavy atom. The van der Waals surface area contributed by atoms with Gasteiger partial charge in [-0.25, -0.2) is 8.78 Å². The van der Waals surface area contributed by atoms with Crippen molar-refractivity contribution in [3.8, 4) is 0 Å². The summed E-state index contributed by atoms with van der Waals surface area (Å²) in [4.78, 5) is 15.0. The van der Waals surface area contributed by atoms with E-state index in [-0.39, 0.29) is 24.1 Å². The van der Waals surface area contributed by atoms with E-state index in [2.05, 4.69) is 10.5 Å². The summed E-state index contributed by atoms with van der Waals surface area (Å²) in [6, 6.07) is 15.4. The normalized spacial score (nSPS) is 14.4. The minimum atomic E-state index is -0.360. The monoisotopic (exact) mass is 439 g/mol. The fourth-order valence-electron chi connectivity index (χ4n) is 3.09. The van der Waals surface area contributed by atoms with E-state index in [1.165, 1.54) is 35.6 Å². The van der Waals surface area contributed by atoms with Crippen LogP contribution in [-0.2, 0) is 9.53 Å². The number of hydrogen-bond acceptors (Lipinski definition) is 5. The van der Waals surface area contributed by atoms with Gasteiger partial charge in [0.15, 0.2) is 0 Å². The average Bonchev–Trinajstić information content (AvgIpc) is 3.38. The summed E-state index contributed by atoms with van der Waals surface area (Å²) in [5.41, 5.74) is 5.17. The highest BCUT2D eigenvalue weighted by atomic mass is 32.1. The van der Waals surface area contributed by atoms with Crippen LogP contribution in [0.15, 0.2) is 76.9 Å². The smallest absolute Gasteiger partial charge is 0.258 e. The minimum Gasteiger partial charge on any atom is -0.489 e. The van der Waals surface area contributed by atoms with E-state index in [0.717, 1.165) is 4.88 Å². The van der Waals surface area contributed by atoms with Crippen LogP contribution in [0.25, 0.3) is 5.57 Å². The van der Waals surface area contributed by atoms with Crippen LogP contribution >= 0.6 is 11.3 Å². The second-order valence-corrected chi connectivity index (χ2v) is 7.86. The number of likely N-dealkylation sites (N-methyl/N-ethyl adjacent to an activating group) is 1. The van der Waals surface area contributed by atoms with Crippen molar-refractivity contribution in [3.05, 3.63) is 93.9 Å². The third kappa shape index (κ3) is 4.80. The van der Waals surface area contributed by atoms with Crippen molar-refractivity contribution in [3.63, 3.8) is 0 Å². The zero-order chi connectivity index (χ0) is 21.8. The molecule has 1 aliphatic rings. The Bertz CT molecular complexity index is 1120. The van der Waals surface area contributed by atoms with Crippen LogP contribution in [0.3, 0.4) is 0 Å². The number of thiophene rings is 1. The topological polar surface area (TPSA) is 53.9 Å². The summed E-state index contributed by atoms with van der Waals surface area (Å²) in [5, 5.41) is 6.29. The van der Waals surface area contributed by atoms with Crippen molar-refractivity contribution in [2.75, 3.05) is 25.6 Å². The zero-order valence-corrected chi connectivity index (χ0v) is 17.5. The van der Waals surface area contributed by atoms with Crippen LogP contribution in [0.1, 0.15) is 10.4 Å². The predicted octanol–water partition coefficient (Wildman–Crippen LogP) is 4.74. The highest BCUT2D eigenvalue weighted by Gasteiger charge is 2.31. The first-order valence-electron chi connectivity index (χ1n) is 9.50. The maximum atomic E-state index is 13.4. The summed E-state index contributed by atoms with van der Waals surface area (Å²) in [5.74, 6) is -0.241. The molecule has 0 saturated heterocycles. The Morgan fingerprint density at radius 3 is 2.42 bits per heavy atom. The third-order valence-electron chi connectivity index (χ3n) is 4.71. The van der Waals surface area contributed by atoms with E-state index in [9.17, 15) is 13.6 Å². The quantitative estimate of drug-likeness (QED) is 0.427. The van der Waals surface area contributed by atoms with Gasteiger partial charge in [-0.3, -0.25) is 10.2 Å². The molecule has 4 rings (SSSR count). The number of benzene rings is 2. The molecule has 3 aromatic rings. The summed E-state index contributed by atoms with van der Waals surface area (Å²) in [6.07, 6.45) is 0. The van der Waals surface area contributed by atoms with Crippen molar-refractivity contribution >= 4 is 34.2 Å². The molecule has 0 saturated carbocycles. The molecule has 8 heteroatoms. The number of hydrogen-bond donors (Lipinski definition) is 1. The zero-order valence-electron chi connectivity index (χ0n) is 16.6. The number of carbonyl (C=O) groups is 1. The number of ether oxygens (including phenoxy) is 1. The van der Waals surface area contributed by atoms with Crippen LogP contribution in [0.5, 0.6) is 0 Å². The van der Waals surface area contributed by atoms with Gasteiger partial charge in [0, 0.05) is 17.5 Å². The number of rotatable bonds is 7. The SMILES string of the molecule is CN1CC(OCC(=NNc2ccc(F)cc2)c2ccc(F)cc2)=C(c2cccs2)C1=O. The Hall–Kier alpha value is -3.52. The van der Waals surface area contributed by atoms with Crippen LogP contribution in [0, 0.1) is 11.6 Å². The Labute approximate surface area is 182 Å². The van der Waals surface area contributed by atoms with Gasteiger partial charge in [0.1, 0.15) is 29.7 Å². The highest BCUT2D eigenvalue weighted by molar-refractivity contribution is 7.11. The fraction of sp³-hybridized carbons (Fsp3) is 0.130. The van der Waals surface area contributed by atoms with Crippen molar-refractivity contribution in [1.82, 2.24) is 4.90 Å². The van der Waals surface area contributed by atoms with Gasteiger partial charge in [0.2, 0.25) is 0 Å². The van der Waals surface area contributed by atoms with Gasteiger partial charge in [-0.05, 0) is 47.8 Å². The number of nitrogens with one attached hydrogen (secondary N) is 1. The number of amides is 1. The lowest BCUT2D eigenvalue weighted by molar-refractivity contribution is -0.122. The molecule has 1 aliphatic heterocycles. The van der Waals surface area contributed by atoms with Gasteiger partial charge in [-0.15, -0.1) is 11.3 Å². The number of nitrogens with zero attached hydrogens (tertiary/aromatic N) is 2. The first-order valence-corrected chi connectivity index (χ1v) is 10.4. The molecule has 158 valence electrons. The van der Waals surface area contributed by atoms with Crippen LogP contribution in [0.2, 0.25) is 0 Å². The number of anilines is 1. The molecule has 1 aromatic heterocycles. The largest absolute Gasteiger partial charge is 0.489 e. The first kappa shape index (κ1) is 20.7. The van der Waals surface area contributed by atoms with E-state index in [1.807, 2.05) is 17.5 Å². The molecule has 5 nitrogen and oxygen atoms in total. The van der Waals surface area contributed by atoms with Crippen molar-refractivity contribution in [2.24, 2.45) is 5.10 Å². The molecule has 0 spiro atoms. The average molecular weight is 439 g/mol. The maximum Gasteiger partial charge on any atom is 0.258 e. The van der Waals surface area contributed by atoms with Crippen molar-refractivity contribution in [2.45, 2.75) is 0 Å². The number of carbonyl (C=O) groups excluding carboxylic acids is 1. The second-order valence-electron chi connectivity index (χ2n) is 6.91. The fourth-order valence-corrected chi connectivity index (χ4v) is 3.87. The lowest BCUT2D eigenvalue weighted by Crippen LogP contribution is -2.21. The van der Waals surface area contributed by atoms with Gasteiger partial charge < -0.3 is 9.64 Å². The molecule has 31 heavy (non-hydrogen) atoms. The number of hydrazone groups is 1. The third-order valence-corrected chi connectivity index (χ3v) is 5.60. The van der Waals surface area contributed by atoms with Gasteiger partial charge >= 0.3 is 0 Å².